The van der Waals surface area contributed by atoms with Crippen LogP contribution in [0.15, 0.2) is 59.2 Å². The highest BCUT2D eigenvalue weighted by molar-refractivity contribution is 9.18. The van der Waals surface area contributed by atoms with E-state index < -0.39 is 0 Å². The molecule has 0 aliphatic rings. The molecule has 3 aromatic rings. The van der Waals surface area contributed by atoms with Crippen molar-refractivity contribution in [1.29, 1.82) is 5.41 Å². The van der Waals surface area contributed by atoms with Crippen molar-refractivity contribution < 1.29 is 0 Å². The molecule has 0 aliphatic carbocycles. The first-order chi connectivity index (χ1) is 10.6. The third kappa shape index (κ3) is 3.20. The summed E-state index contributed by atoms with van der Waals surface area (Å²) in [7, 11) is 0. The van der Waals surface area contributed by atoms with Crippen LogP contribution in [0.3, 0.4) is 0 Å². The summed E-state index contributed by atoms with van der Waals surface area (Å²) in [5.41, 5.74) is 3.72. The summed E-state index contributed by atoms with van der Waals surface area (Å²) in [6.07, 6.45) is 1.78. The minimum Gasteiger partial charge on any atom is -0.379 e. The van der Waals surface area contributed by atoms with Gasteiger partial charge in [0, 0.05) is 22.0 Å². The molecule has 2 N–H and O–H groups in total. The number of anilines is 1. The number of pyridine rings is 1. The van der Waals surface area contributed by atoms with E-state index in [-0.39, 0.29) is 0 Å². The van der Waals surface area contributed by atoms with Gasteiger partial charge >= 0.3 is 0 Å². The summed E-state index contributed by atoms with van der Waals surface area (Å²) in [5, 5.41) is 12.4. The Kier molecular flexibility index (Phi) is 4.55. The van der Waals surface area contributed by atoms with Gasteiger partial charge in [0.15, 0.2) is 0 Å². The molecule has 3 nitrogen and oxygen atoms in total. The zero-order chi connectivity index (χ0) is 15.5. The molecule has 0 radical (unpaired) electrons. The third-order valence-electron chi connectivity index (χ3n) is 3.38. The van der Waals surface area contributed by atoms with E-state index in [9.17, 15) is 0 Å². The normalized spacial score (nSPS) is 10.6. The second-order valence-corrected chi connectivity index (χ2v) is 6.57. The topological polar surface area (TPSA) is 48.8 Å². The standard InChI is InChI=1S/C17H13Br2N3/c18-12-6-7-14-13(8-12)16(17(19)20)15(10-22-14)21-9-11-4-2-1-3-5-11/h1-8,10,20-21H,9H2. The highest BCUT2D eigenvalue weighted by Gasteiger charge is 2.12. The zero-order valence-electron chi connectivity index (χ0n) is 11.6. The van der Waals surface area contributed by atoms with E-state index >= 15 is 0 Å². The lowest BCUT2D eigenvalue weighted by molar-refractivity contribution is 1.14. The Morgan fingerprint density at radius 2 is 1.91 bits per heavy atom. The van der Waals surface area contributed by atoms with E-state index in [1.54, 1.807) is 6.20 Å². The van der Waals surface area contributed by atoms with Crippen molar-refractivity contribution in [1.82, 2.24) is 4.98 Å². The predicted octanol–water partition coefficient (Wildman–Crippen LogP) is 5.33. The molecule has 22 heavy (non-hydrogen) atoms. The van der Waals surface area contributed by atoms with Crippen molar-refractivity contribution >= 4 is 53.1 Å². The van der Waals surface area contributed by atoms with Gasteiger partial charge in [-0.2, -0.15) is 0 Å². The number of halogens is 2. The molecule has 0 saturated heterocycles. The molecule has 0 saturated carbocycles. The molecule has 0 spiro atoms. The molecule has 0 amide bonds. The lowest BCUT2D eigenvalue weighted by Crippen LogP contribution is -2.05. The molecule has 0 aliphatic heterocycles. The van der Waals surface area contributed by atoms with Crippen molar-refractivity contribution in [2.75, 3.05) is 5.32 Å². The van der Waals surface area contributed by atoms with Crippen LogP contribution in [0.25, 0.3) is 10.9 Å². The lowest BCUT2D eigenvalue weighted by atomic mass is 10.1. The fraction of sp³-hybridized carbons (Fsp3) is 0.0588. The molecular weight excluding hydrogens is 406 g/mol. The summed E-state index contributed by atoms with van der Waals surface area (Å²) in [5.74, 6) is 0. The van der Waals surface area contributed by atoms with Gasteiger partial charge in [-0.1, -0.05) is 46.3 Å². The summed E-state index contributed by atoms with van der Waals surface area (Å²) in [6.45, 7) is 0.690. The second-order valence-electron chi connectivity index (χ2n) is 4.86. The Bertz CT molecular complexity index is 832. The third-order valence-corrected chi connectivity index (χ3v) is 4.27. The van der Waals surface area contributed by atoms with Gasteiger partial charge in [-0.05, 0) is 39.7 Å². The Morgan fingerprint density at radius 3 is 2.64 bits per heavy atom. The molecule has 2 aromatic carbocycles. The number of aromatic nitrogens is 1. The van der Waals surface area contributed by atoms with Gasteiger partial charge in [-0.3, -0.25) is 10.4 Å². The maximum Gasteiger partial charge on any atom is 0.107 e. The van der Waals surface area contributed by atoms with Crippen LogP contribution in [-0.2, 0) is 6.54 Å². The Labute approximate surface area is 145 Å². The Balaban J connectivity index is 2.01. The van der Waals surface area contributed by atoms with Crippen molar-refractivity contribution in [2.24, 2.45) is 0 Å². The van der Waals surface area contributed by atoms with Gasteiger partial charge in [0.2, 0.25) is 0 Å². The summed E-state index contributed by atoms with van der Waals surface area (Å²) >= 11 is 6.79. The van der Waals surface area contributed by atoms with Crippen molar-refractivity contribution in [3.63, 3.8) is 0 Å². The van der Waals surface area contributed by atoms with Crippen LogP contribution in [0.4, 0.5) is 5.69 Å². The average Bonchev–Trinajstić information content (AvgIpc) is 2.52. The minimum atomic E-state index is 0.341. The van der Waals surface area contributed by atoms with E-state index in [1.165, 1.54) is 5.56 Å². The highest BCUT2D eigenvalue weighted by atomic mass is 79.9. The van der Waals surface area contributed by atoms with Crippen molar-refractivity contribution in [3.05, 3.63) is 70.3 Å². The van der Waals surface area contributed by atoms with E-state index in [0.717, 1.165) is 26.6 Å². The average molecular weight is 419 g/mol. The van der Waals surface area contributed by atoms with Crippen LogP contribution in [-0.4, -0.2) is 9.60 Å². The van der Waals surface area contributed by atoms with Gasteiger partial charge < -0.3 is 5.32 Å². The zero-order valence-corrected chi connectivity index (χ0v) is 14.8. The molecule has 1 heterocycles. The van der Waals surface area contributed by atoms with Crippen LogP contribution in [0.2, 0.25) is 0 Å². The Morgan fingerprint density at radius 1 is 1.14 bits per heavy atom. The molecule has 5 heteroatoms. The van der Waals surface area contributed by atoms with Crippen LogP contribution >= 0.6 is 31.9 Å². The van der Waals surface area contributed by atoms with E-state index in [4.69, 9.17) is 5.41 Å². The summed E-state index contributed by atoms with van der Waals surface area (Å²) in [4.78, 5) is 4.48. The molecule has 110 valence electrons. The van der Waals surface area contributed by atoms with Crippen molar-refractivity contribution in [3.8, 4) is 0 Å². The number of hydrogen-bond donors (Lipinski definition) is 2. The first-order valence-electron chi connectivity index (χ1n) is 6.75. The van der Waals surface area contributed by atoms with Crippen LogP contribution in [0.5, 0.6) is 0 Å². The number of nitrogens with one attached hydrogen (secondary N) is 2. The van der Waals surface area contributed by atoms with Gasteiger partial charge in [-0.25, -0.2) is 0 Å². The fourth-order valence-electron chi connectivity index (χ4n) is 2.33. The molecule has 0 unspecified atom stereocenters. The first-order valence-corrected chi connectivity index (χ1v) is 8.34. The number of rotatable bonds is 4. The summed E-state index contributed by atoms with van der Waals surface area (Å²) in [6, 6.07) is 16.0. The van der Waals surface area contributed by atoms with Gasteiger partial charge in [0.25, 0.3) is 0 Å². The van der Waals surface area contributed by atoms with E-state index in [1.807, 2.05) is 36.4 Å². The first kappa shape index (κ1) is 15.2. The molecule has 1 aromatic heterocycles. The minimum absolute atomic E-state index is 0.341. The molecule has 3 rings (SSSR count). The second kappa shape index (κ2) is 6.58. The molecule has 0 atom stereocenters. The van der Waals surface area contributed by atoms with Crippen molar-refractivity contribution in [2.45, 2.75) is 6.54 Å². The summed E-state index contributed by atoms with van der Waals surface area (Å²) < 4.78 is 1.31. The van der Waals surface area contributed by atoms with E-state index in [0.29, 0.717) is 11.2 Å². The number of nitrogens with zero attached hydrogens (tertiary/aromatic N) is 1. The maximum absolute atomic E-state index is 8.05. The largest absolute Gasteiger partial charge is 0.379 e. The number of benzene rings is 2. The van der Waals surface area contributed by atoms with Gasteiger partial charge in [0.1, 0.15) is 4.62 Å². The monoisotopic (exact) mass is 417 g/mol. The molecular formula is C17H13Br2N3. The number of fused-ring (bicyclic) bond motifs is 1. The SMILES string of the molecule is N=C(Br)c1c(NCc2ccccc2)cnc2ccc(Br)cc12. The van der Waals surface area contributed by atoms with Crippen LogP contribution < -0.4 is 5.32 Å². The quantitative estimate of drug-likeness (QED) is 0.562. The Hall–Kier alpha value is -1.72. The van der Waals surface area contributed by atoms with Crippen LogP contribution in [0, 0.1) is 5.41 Å². The van der Waals surface area contributed by atoms with Gasteiger partial charge in [0.05, 0.1) is 17.4 Å². The van der Waals surface area contributed by atoms with Gasteiger partial charge in [-0.15, -0.1) is 0 Å². The van der Waals surface area contributed by atoms with Crippen LogP contribution in [0.1, 0.15) is 11.1 Å². The fourth-order valence-corrected chi connectivity index (χ4v) is 3.12. The highest BCUT2D eigenvalue weighted by Crippen LogP contribution is 2.29. The lowest BCUT2D eigenvalue weighted by Gasteiger charge is -2.13. The smallest absolute Gasteiger partial charge is 0.107 e. The number of hydrogen-bond acceptors (Lipinski definition) is 3. The van der Waals surface area contributed by atoms with E-state index in [2.05, 4.69) is 54.3 Å². The predicted molar refractivity (Wildman–Crippen MR) is 99.0 cm³/mol. The molecule has 0 bridgehead atoms. The maximum atomic E-state index is 8.05. The molecule has 0 fully saturated rings.